The first-order valence-corrected chi connectivity index (χ1v) is 10.3. The van der Waals surface area contributed by atoms with Crippen LogP contribution in [-0.4, -0.2) is 28.0 Å². The topological polar surface area (TPSA) is 83.8 Å². The molecular weight excluding hydrogens is 303 g/mol. The lowest BCUT2D eigenvalue weighted by atomic mass is 10.1. The standard InChI is InChI=1S/C16H33O5P/c1-3-5-7-8-9-10-11-12-14-21-16(17)15(13-6-4-2)22(18,19)20/h15H,3-14H2,1-2H3,(H2,18,19,20). The van der Waals surface area contributed by atoms with E-state index in [9.17, 15) is 19.1 Å². The lowest BCUT2D eigenvalue weighted by molar-refractivity contribution is -0.143. The van der Waals surface area contributed by atoms with Crippen LogP contribution in [0.1, 0.15) is 84.5 Å². The van der Waals surface area contributed by atoms with Crippen LogP contribution in [0.4, 0.5) is 0 Å². The van der Waals surface area contributed by atoms with E-state index in [-0.39, 0.29) is 13.0 Å². The van der Waals surface area contributed by atoms with Crippen molar-refractivity contribution in [2.75, 3.05) is 6.61 Å². The molecule has 132 valence electrons. The third kappa shape index (κ3) is 11.2. The van der Waals surface area contributed by atoms with Crippen LogP contribution in [0.2, 0.25) is 0 Å². The van der Waals surface area contributed by atoms with Crippen LogP contribution in [0.3, 0.4) is 0 Å². The highest BCUT2D eigenvalue weighted by molar-refractivity contribution is 7.53. The van der Waals surface area contributed by atoms with E-state index in [0.717, 1.165) is 25.7 Å². The van der Waals surface area contributed by atoms with Gasteiger partial charge in [-0.1, -0.05) is 71.6 Å². The predicted molar refractivity (Wildman–Crippen MR) is 88.9 cm³/mol. The third-order valence-corrected chi connectivity index (χ3v) is 5.03. The SMILES string of the molecule is CCCCCCCCCCOC(=O)C(CCCC)P(=O)(O)O. The molecule has 0 aliphatic heterocycles. The Morgan fingerprint density at radius 3 is 1.91 bits per heavy atom. The van der Waals surface area contributed by atoms with E-state index in [1.165, 1.54) is 32.1 Å². The summed E-state index contributed by atoms with van der Waals surface area (Å²) in [7, 11) is -4.41. The Bertz CT molecular complexity index is 326. The molecule has 5 nitrogen and oxygen atoms in total. The minimum Gasteiger partial charge on any atom is -0.465 e. The van der Waals surface area contributed by atoms with E-state index < -0.39 is 19.2 Å². The molecule has 0 fully saturated rings. The summed E-state index contributed by atoms with van der Waals surface area (Å²) in [6.07, 6.45) is 10.8. The first-order chi connectivity index (χ1) is 10.4. The number of esters is 1. The maximum Gasteiger partial charge on any atom is 0.339 e. The van der Waals surface area contributed by atoms with Crippen LogP contribution >= 0.6 is 7.60 Å². The molecule has 1 unspecified atom stereocenters. The molecular formula is C16H33O5P. The van der Waals surface area contributed by atoms with Gasteiger partial charge in [-0.3, -0.25) is 9.36 Å². The number of carbonyl (C=O) groups is 1. The molecule has 0 amide bonds. The summed E-state index contributed by atoms with van der Waals surface area (Å²) in [6, 6.07) is 0. The molecule has 2 N–H and O–H groups in total. The zero-order valence-electron chi connectivity index (χ0n) is 14.1. The maximum atomic E-state index is 11.8. The average Bonchev–Trinajstić information content (AvgIpc) is 2.44. The molecule has 0 aliphatic rings. The Morgan fingerprint density at radius 2 is 1.41 bits per heavy atom. The first kappa shape index (κ1) is 21.6. The lowest BCUT2D eigenvalue weighted by Crippen LogP contribution is -2.24. The second-order valence-corrected chi connectivity index (χ2v) is 7.69. The third-order valence-electron chi connectivity index (χ3n) is 3.75. The molecule has 22 heavy (non-hydrogen) atoms. The zero-order valence-corrected chi connectivity index (χ0v) is 15.0. The molecule has 0 saturated heterocycles. The van der Waals surface area contributed by atoms with Gasteiger partial charge in [0.15, 0.2) is 5.66 Å². The van der Waals surface area contributed by atoms with E-state index in [2.05, 4.69) is 6.92 Å². The predicted octanol–water partition coefficient (Wildman–Crippen LogP) is 4.41. The van der Waals surface area contributed by atoms with Crippen molar-refractivity contribution >= 4 is 13.6 Å². The number of carbonyl (C=O) groups excluding carboxylic acids is 1. The molecule has 0 aromatic carbocycles. The fourth-order valence-electron chi connectivity index (χ4n) is 2.33. The van der Waals surface area contributed by atoms with Crippen molar-refractivity contribution < 1.29 is 23.9 Å². The Labute approximate surface area is 135 Å². The van der Waals surface area contributed by atoms with E-state index in [1.807, 2.05) is 6.92 Å². The van der Waals surface area contributed by atoms with Crippen LogP contribution in [0.15, 0.2) is 0 Å². The van der Waals surface area contributed by atoms with Gasteiger partial charge in [0.1, 0.15) is 0 Å². The van der Waals surface area contributed by atoms with E-state index in [0.29, 0.717) is 6.42 Å². The van der Waals surface area contributed by atoms with Gasteiger partial charge >= 0.3 is 13.6 Å². The number of hydrogen-bond donors (Lipinski definition) is 2. The summed E-state index contributed by atoms with van der Waals surface area (Å²) in [4.78, 5) is 30.2. The summed E-state index contributed by atoms with van der Waals surface area (Å²) >= 11 is 0. The van der Waals surface area contributed by atoms with Gasteiger partial charge < -0.3 is 14.5 Å². The molecule has 0 aromatic rings. The van der Waals surface area contributed by atoms with Crippen molar-refractivity contribution in [3.63, 3.8) is 0 Å². The summed E-state index contributed by atoms with van der Waals surface area (Å²) in [5, 5.41) is 0. The van der Waals surface area contributed by atoms with Crippen molar-refractivity contribution in [1.82, 2.24) is 0 Å². The second kappa shape index (κ2) is 13.1. The number of ether oxygens (including phenoxy) is 1. The van der Waals surface area contributed by atoms with Gasteiger partial charge in [0.2, 0.25) is 0 Å². The van der Waals surface area contributed by atoms with Gasteiger partial charge in [-0.25, -0.2) is 0 Å². The van der Waals surface area contributed by atoms with Crippen molar-refractivity contribution in [3.05, 3.63) is 0 Å². The normalized spacial score (nSPS) is 13.1. The maximum absolute atomic E-state index is 11.8. The average molecular weight is 336 g/mol. The number of hydrogen-bond acceptors (Lipinski definition) is 3. The Hall–Kier alpha value is -0.380. The smallest absolute Gasteiger partial charge is 0.339 e. The molecule has 1 atom stereocenters. The molecule has 0 spiro atoms. The monoisotopic (exact) mass is 336 g/mol. The quantitative estimate of drug-likeness (QED) is 0.279. The minimum atomic E-state index is -4.41. The number of unbranched alkanes of at least 4 members (excludes halogenated alkanes) is 8. The van der Waals surface area contributed by atoms with Gasteiger partial charge in [-0.15, -0.1) is 0 Å². The fraction of sp³-hybridized carbons (Fsp3) is 0.938. The zero-order chi connectivity index (χ0) is 16.8. The van der Waals surface area contributed by atoms with E-state index in [1.54, 1.807) is 0 Å². The first-order valence-electron chi connectivity index (χ1n) is 8.65. The summed E-state index contributed by atoms with van der Waals surface area (Å²) in [5.74, 6) is -0.746. The Kier molecular flexibility index (Phi) is 12.9. The summed E-state index contributed by atoms with van der Waals surface area (Å²) < 4.78 is 16.4. The molecule has 0 heterocycles. The summed E-state index contributed by atoms with van der Waals surface area (Å²) in [5.41, 5.74) is -1.29. The highest BCUT2D eigenvalue weighted by atomic mass is 31.2. The van der Waals surface area contributed by atoms with Gasteiger partial charge in [-0.2, -0.15) is 0 Å². The number of rotatable bonds is 14. The van der Waals surface area contributed by atoms with Crippen LogP contribution < -0.4 is 0 Å². The molecule has 0 saturated carbocycles. The van der Waals surface area contributed by atoms with Gasteiger partial charge in [0.25, 0.3) is 0 Å². The van der Waals surface area contributed by atoms with Crippen LogP contribution in [0.25, 0.3) is 0 Å². The molecule has 6 heteroatoms. The Morgan fingerprint density at radius 1 is 0.909 bits per heavy atom. The van der Waals surface area contributed by atoms with Crippen molar-refractivity contribution in [3.8, 4) is 0 Å². The van der Waals surface area contributed by atoms with Gasteiger partial charge in [-0.05, 0) is 12.8 Å². The van der Waals surface area contributed by atoms with Crippen molar-refractivity contribution in [2.45, 2.75) is 90.1 Å². The van der Waals surface area contributed by atoms with Crippen LogP contribution in [0.5, 0.6) is 0 Å². The van der Waals surface area contributed by atoms with Gasteiger partial charge in [0.05, 0.1) is 6.61 Å². The minimum absolute atomic E-state index is 0.192. The van der Waals surface area contributed by atoms with Crippen molar-refractivity contribution in [1.29, 1.82) is 0 Å². The molecule has 0 radical (unpaired) electrons. The summed E-state index contributed by atoms with van der Waals surface area (Å²) in [6.45, 7) is 4.37. The lowest BCUT2D eigenvalue weighted by Gasteiger charge is -2.16. The molecule has 0 rings (SSSR count). The highest BCUT2D eigenvalue weighted by Crippen LogP contribution is 2.44. The fourth-order valence-corrected chi connectivity index (χ4v) is 3.19. The van der Waals surface area contributed by atoms with E-state index in [4.69, 9.17) is 4.74 Å². The van der Waals surface area contributed by atoms with Crippen molar-refractivity contribution in [2.24, 2.45) is 0 Å². The molecule has 0 aromatic heterocycles. The Balaban J connectivity index is 3.79. The molecule has 0 bridgehead atoms. The van der Waals surface area contributed by atoms with Crippen LogP contribution in [-0.2, 0) is 14.1 Å². The molecule has 0 aliphatic carbocycles. The van der Waals surface area contributed by atoms with Gasteiger partial charge in [0, 0.05) is 0 Å². The highest BCUT2D eigenvalue weighted by Gasteiger charge is 2.36. The van der Waals surface area contributed by atoms with Crippen LogP contribution in [0, 0.1) is 0 Å². The largest absolute Gasteiger partial charge is 0.465 e. The van der Waals surface area contributed by atoms with E-state index >= 15 is 0 Å². The second-order valence-electron chi connectivity index (χ2n) is 5.89.